The highest BCUT2D eigenvalue weighted by Gasteiger charge is 2.36. The maximum atomic E-state index is 12.5. The first kappa shape index (κ1) is 15.2. The Morgan fingerprint density at radius 1 is 1.13 bits per heavy atom. The van der Waals surface area contributed by atoms with E-state index in [1.165, 1.54) is 12.1 Å². The van der Waals surface area contributed by atoms with E-state index >= 15 is 0 Å². The Morgan fingerprint density at radius 2 is 1.91 bits per heavy atom. The second kappa shape index (κ2) is 6.18. The molecule has 2 aromatic rings. The Labute approximate surface area is 137 Å². The topological polar surface area (TPSA) is 66.8 Å². The number of hydrogen-bond acceptors (Lipinski definition) is 5. The molecule has 0 spiro atoms. The Bertz CT molecular complexity index is 816. The lowest BCUT2D eigenvalue weighted by atomic mass is 10.2. The van der Waals surface area contributed by atoms with Crippen LogP contribution in [0.1, 0.15) is 5.56 Å². The highest BCUT2D eigenvalue weighted by Crippen LogP contribution is 2.36. The summed E-state index contributed by atoms with van der Waals surface area (Å²) in [5.74, 6) is 0.262. The first-order valence-electron chi connectivity index (χ1n) is 6.79. The molecule has 1 fully saturated rings. The molecule has 5 nitrogen and oxygen atoms in total. The third kappa shape index (κ3) is 3.07. The number of phenolic OH excluding ortho intramolecular Hbond substituents is 1. The van der Waals surface area contributed by atoms with Crippen molar-refractivity contribution >= 4 is 34.7 Å². The minimum atomic E-state index is -0.409. The van der Waals surface area contributed by atoms with Crippen LogP contribution in [-0.2, 0) is 4.79 Å². The fourth-order valence-corrected chi connectivity index (χ4v) is 3.05. The summed E-state index contributed by atoms with van der Waals surface area (Å²) in [6, 6.07) is 13.3. The monoisotopic (exact) mass is 327 g/mol. The van der Waals surface area contributed by atoms with Crippen molar-refractivity contribution < 1.29 is 19.4 Å². The van der Waals surface area contributed by atoms with Gasteiger partial charge in [-0.3, -0.25) is 9.59 Å². The predicted octanol–water partition coefficient (Wildman–Crippen LogP) is 3.64. The van der Waals surface area contributed by atoms with Crippen LogP contribution in [0.3, 0.4) is 0 Å². The molecule has 3 rings (SSSR count). The zero-order valence-corrected chi connectivity index (χ0v) is 13.0. The number of rotatable bonds is 3. The summed E-state index contributed by atoms with van der Waals surface area (Å²) >= 11 is 0.867. The van der Waals surface area contributed by atoms with Gasteiger partial charge >= 0.3 is 0 Å². The molecule has 0 bridgehead atoms. The van der Waals surface area contributed by atoms with Crippen LogP contribution >= 0.6 is 11.8 Å². The Hall–Kier alpha value is -2.73. The van der Waals surface area contributed by atoms with Gasteiger partial charge in [-0.15, -0.1) is 0 Å². The molecule has 0 aliphatic carbocycles. The summed E-state index contributed by atoms with van der Waals surface area (Å²) < 4.78 is 5.14. The molecule has 1 aliphatic heterocycles. The number of phenols is 1. The van der Waals surface area contributed by atoms with Gasteiger partial charge in [0.05, 0.1) is 17.7 Å². The third-order valence-corrected chi connectivity index (χ3v) is 4.14. The van der Waals surface area contributed by atoms with Gasteiger partial charge < -0.3 is 9.84 Å². The minimum absolute atomic E-state index is 0.00155. The highest BCUT2D eigenvalue weighted by molar-refractivity contribution is 8.19. The molecule has 1 aliphatic rings. The standard InChI is InChI=1S/C17H13NO4S/c1-22-14-7-2-4-11(8-14)9-15-16(20)18(17(21)23-15)12-5-3-6-13(19)10-12/h2-10,19H,1H3/b15-9-. The number of imide groups is 1. The molecule has 2 amide bonds. The van der Waals surface area contributed by atoms with Gasteiger partial charge in [0.2, 0.25) is 0 Å². The van der Waals surface area contributed by atoms with Crippen molar-refractivity contribution in [3.63, 3.8) is 0 Å². The normalized spacial score (nSPS) is 16.2. The van der Waals surface area contributed by atoms with Crippen LogP contribution in [0.15, 0.2) is 53.4 Å². The number of aromatic hydroxyl groups is 1. The fourth-order valence-electron chi connectivity index (χ4n) is 2.21. The molecule has 2 aromatic carbocycles. The molecular weight excluding hydrogens is 314 g/mol. The quantitative estimate of drug-likeness (QED) is 0.872. The molecule has 0 radical (unpaired) electrons. The van der Waals surface area contributed by atoms with E-state index in [4.69, 9.17) is 4.74 Å². The average molecular weight is 327 g/mol. The highest BCUT2D eigenvalue weighted by atomic mass is 32.2. The van der Waals surface area contributed by atoms with Crippen molar-refractivity contribution in [1.29, 1.82) is 0 Å². The van der Waals surface area contributed by atoms with Gasteiger partial charge in [0.1, 0.15) is 11.5 Å². The number of carbonyl (C=O) groups excluding carboxylic acids is 2. The first-order chi connectivity index (χ1) is 11.1. The Morgan fingerprint density at radius 3 is 2.65 bits per heavy atom. The lowest BCUT2D eigenvalue weighted by Gasteiger charge is -2.12. The summed E-state index contributed by atoms with van der Waals surface area (Å²) in [6.07, 6.45) is 1.65. The number of anilines is 1. The fraction of sp³-hybridized carbons (Fsp3) is 0.0588. The Balaban J connectivity index is 1.93. The molecule has 1 N–H and O–H groups in total. The lowest BCUT2D eigenvalue weighted by molar-refractivity contribution is -0.113. The molecule has 116 valence electrons. The molecule has 0 atom stereocenters. The number of ether oxygens (including phenoxy) is 1. The summed E-state index contributed by atoms with van der Waals surface area (Å²) in [7, 11) is 1.56. The number of methoxy groups -OCH3 is 1. The second-order valence-corrected chi connectivity index (χ2v) is 5.81. The number of amides is 2. The average Bonchev–Trinajstić information content (AvgIpc) is 2.81. The van der Waals surface area contributed by atoms with E-state index < -0.39 is 11.1 Å². The second-order valence-electron chi connectivity index (χ2n) is 4.81. The van der Waals surface area contributed by atoms with Crippen molar-refractivity contribution in [2.75, 3.05) is 12.0 Å². The van der Waals surface area contributed by atoms with Crippen LogP contribution in [0.5, 0.6) is 11.5 Å². The zero-order valence-electron chi connectivity index (χ0n) is 12.2. The van der Waals surface area contributed by atoms with Crippen molar-refractivity contribution in [1.82, 2.24) is 0 Å². The van der Waals surface area contributed by atoms with Crippen LogP contribution in [0.4, 0.5) is 10.5 Å². The Kier molecular flexibility index (Phi) is 4.08. The van der Waals surface area contributed by atoms with Crippen LogP contribution in [0.25, 0.3) is 6.08 Å². The van der Waals surface area contributed by atoms with E-state index in [0.717, 1.165) is 22.2 Å². The first-order valence-corrected chi connectivity index (χ1v) is 7.61. The third-order valence-electron chi connectivity index (χ3n) is 3.27. The SMILES string of the molecule is COc1cccc(/C=C2\SC(=O)N(c3cccc(O)c3)C2=O)c1. The van der Waals surface area contributed by atoms with Gasteiger partial charge in [0.25, 0.3) is 11.1 Å². The van der Waals surface area contributed by atoms with Gasteiger partial charge in [-0.25, -0.2) is 4.90 Å². The molecule has 0 saturated carbocycles. The van der Waals surface area contributed by atoms with Crippen LogP contribution in [0.2, 0.25) is 0 Å². The van der Waals surface area contributed by atoms with Crippen LogP contribution in [-0.4, -0.2) is 23.4 Å². The molecule has 0 unspecified atom stereocenters. The molecular formula is C17H13NO4S. The maximum absolute atomic E-state index is 12.5. The summed E-state index contributed by atoms with van der Waals surface area (Å²) in [5.41, 5.74) is 1.12. The zero-order chi connectivity index (χ0) is 16.4. The van der Waals surface area contributed by atoms with Crippen LogP contribution in [0, 0.1) is 0 Å². The van der Waals surface area contributed by atoms with Crippen molar-refractivity contribution in [2.24, 2.45) is 0 Å². The van der Waals surface area contributed by atoms with Gasteiger partial charge in [-0.2, -0.15) is 0 Å². The lowest BCUT2D eigenvalue weighted by Crippen LogP contribution is -2.27. The van der Waals surface area contributed by atoms with Gasteiger partial charge in [-0.05, 0) is 47.7 Å². The van der Waals surface area contributed by atoms with E-state index in [2.05, 4.69) is 0 Å². The summed E-state index contributed by atoms with van der Waals surface area (Å²) in [5, 5.41) is 9.13. The number of benzene rings is 2. The maximum Gasteiger partial charge on any atom is 0.298 e. The van der Waals surface area contributed by atoms with E-state index in [9.17, 15) is 14.7 Å². The van der Waals surface area contributed by atoms with Gasteiger partial charge in [0, 0.05) is 6.07 Å². The number of hydrogen-bond donors (Lipinski definition) is 1. The molecule has 23 heavy (non-hydrogen) atoms. The number of carbonyl (C=O) groups is 2. The van der Waals surface area contributed by atoms with E-state index in [1.54, 1.807) is 37.5 Å². The number of nitrogens with zero attached hydrogens (tertiary/aromatic N) is 1. The van der Waals surface area contributed by atoms with Crippen molar-refractivity contribution in [3.8, 4) is 11.5 Å². The smallest absolute Gasteiger partial charge is 0.298 e. The molecule has 1 saturated heterocycles. The summed E-state index contributed by atoms with van der Waals surface area (Å²) in [4.78, 5) is 26.0. The van der Waals surface area contributed by atoms with Crippen molar-refractivity contribution in [3.05, 3.63) is 59.0 Å². The van der Waals surface area contributed by atoms with E-state index in [-0.39, 0.29) is 5.75 Å². The summed E-state index contributed by atoms with van der Waals surface area (Å²) in [6.45, 7) is 0. The molecule has 6 heteroatoms. The molecule has 1 heterocycles. The van der Waals surface area contributed by atoms with Gasteiger partial charge in [0.15, 0.2) is 0 Å². The van der Waals surface area contributed by atoms with E-state index in [1.807, 2.05) is 12.1 Å². The minimum Gasteiger partial charge on any atom is -0.508 e. The predicted molar refractivity (Wildman–Crippen MR) is 89.6 cm³/mol. The largest absolute Gasteiger partial charge is 0.508 e. The number of thioether (sulfide) groups is 1. The van der Waals surface area contributed by atoms with Crippen LogP contribution < -0.4 is 9.64 Å². The van der Waals surface area contributed by atoms with Crippen molar-refractivity contribution in [2.45, 2.75) is 0 Å². The molecule has 0 aromatic heterocycles. The van der Waals surface area contributed by atoms with Gasteiger partial charge in [-0.1, -0.05) is 18.2 Å². The van der Waals surface area contributed by atoms with E-state index in [0.29, 0.717) is 16.3 Å².